The van der Waals surface area contributed by atoms with E-state index in [9.17, 15) is 5.11 Å². The zero-order valence-corrected chi connectivity index (χ0v) is 14.3. The molecule has 1 atom stereocenters. The standard InChI is InChI=1S/C21H23N3O/c25-16-19-12-7-13-23(19)15-20-14-21(17-8-3-1-4-9-17)22-24(20)18-10-5-2-6-11-18/h1-6,8-11,14,19,25H,7,12-13,15-16H2/t19-/m0/s1. The molecule has 0 unspecified atom stereocenters. The number of aliphatic hydroxyl groups is 1. The van der Waals surface area contributed by atoms with Crippen LogP contribution < -0.4 is 0 Å². The Morgan fingerprint density at radius 1 is 1.00 bits per heavy atom. The zero-order chi connectivity index (χ0) is 17.1. The first-order chi connectivity index (χ1) is 12.3. The Balaban J connectivity index is 1.72. The lowest BCUT2D eigenvalue weighted by Gasteiger charge is -2.22. The highest BCUT2D eigenvalue weighted by Crippen LogP contribution is 2.25. The molecule has 4 nitrogen and oxygen atoms in total. The van der Waals surface area contributed by atoms with Crippen molar-refractivity contribution in [2.24, 2.45) is 0 Å². The number of para-hydroxylation sites is 1. The average Bonchev–Trinajstić information content (AvgIpc) is 3.30. The van der Waals surface area contributed by atoms with Crippen LogP contribution in [0.2, 0.25) is 0 Å². The second-order valence-corrected chi connectivity index (χ2v) is 6.58. The van der Waals surface area contributed by atoms with E-state index >= 15 is 0 Å². The van der Waals surface area contributed by atoms with E-state index in [0.717, 1.165) is 48.6 Å². The average molecular weight is 333 g/mol. The molecule has 1 aromatic heterocycles. The van der Waals surface area contributed by atoms with Crippen LogP contribution in [0.1, 0.15) is 18.5 Å². The molecule has 4 heteroatoms. The summed E-state index contributed by atoms with van der Waals surface area (Å²) in [6.45, 7) is 2.07. The van der Waals surface area contributed by atoms with Crippen LogP contribution in [0, 0.1) is 0 Å². The van der Waals surface area contributed by atoms with Gasteiger partial charge in [-0.2, -0.15) is 5.10 Å². The molecule has 1 aliphatic rings. The van der Waals surface area contributed by atoms with Crippen molar-refractivity contribution < 1.29 is 5.11 Å². The van der Waals surface area contributed by atoms with Gasteiger partial charge >= 0.3 is 0 Å². The Hall–Kier alpha value is -2.43. The first-order valence-electron chi connectivity index (χ1n) is 8.90. The lowest BCUT2D eigenvalue weighted by Crippen LogP contribution is -2.32. The maximum absolute atomic E-state index is 9.62. The SMILES string of the molecule is OC[C@@H]1CCCN1Cc1cc(-c2ccccc2)nn1-c1ccccc1. The molecule has 1 aliphatic heterocycles. The van der Waals surface area contributed by atoms with Gasteiger partial charge in [0.25, 0.3) is 0 Å². The molecule has 1 saturated heterocycles. The molecular weight excluding hydrogens is 310 g/mol. The molecule has 0 aliphatic carbocycles. The molecule has 2 heterocycles. The Morgan fingerprint density at radius 2 is 1.72 bits per heavy atom. The minimum absolute atomic E-state index is 0.227. The van der Waals surface area contributed by atoms with Crippen molar-refractivity contribution in [3.8, 4) is 16.9 Å². The zero-order valence-electron chi connectivity index (χ0n) is 14.3. The van der Waals surface area contributed by atoms with Crippen LogP contribution in [0.3, 0.4) is 0 Å². The van der Waals surface area contributed by atoms with E-state index < -0.39 is 0 Å². The van der Waals surface area contributed by atoms with Gasteiger partial charge in [0, 0.05) is 18.2 Å². The quantitative estimate of drug-likeness (QED) is 0.777. The van der Waals surface area contributed by atoms with E-state index in [2.05, 4.69) is 35.2 Å². The van der Waals surface area contributed by atoms with E-state index in [1.165, 1.54) is 0 Å². The van der Waals surface area contributed by atoms with Gasteiger partial charge in [-0.1, -0.05) is 48.5 Å². The molecule has 0 spiro atoms. The van der Waals surface area contributed by atoms with Gasteiger partial charge in [-0.25, -0.2) is 4.68 Å². The predicted molar refractivity (Wildman–Crippen MR) is 99.5 cm³/mol. The molecule has 0 amide bonds. The van der Waals surface area contributed by atoms with Crippen molar-refractivity contribution in [1.29, 1.82) is 0 Å². The van der Waals surface area contributed by atoms with E-state index in [1.54, 1.807) is 0 Å². The maximum atomic E-state index is 9.62. The minimum atomic E-state index is 0.227. The summed E-state index contributed by atoms with van der Waals surface area (Å²) in [5, 5.41) is 14.5. The van der Waals surface area contributed by atoms with E-state index in [4.69, 9.17) is 5.10 Å². The van der Waals surface area contributed by atoms with Crippen LogP contribution in [0.5, 0.6) is 0 Å². The normalized spacial score (nSPS) is 17.9. The summed E-state index contributed by atoms with van der Waals surface area (Å²) in [4.78, 5) is 2.37. The van der Waals surface area contributed by atoms with Crippen LogP contribution >= 0.6 is 0 Å². The number of aromatic nitrogens is 2. The summed E-state index contributed by atoms with van der Waals surface area (Å²) in [5.41, 5.74) is 4.34. The second kappa shape index (κ2) is 7.21. The maximum Gasteiger partial charge on any atom is 0.0931 e. The van der Waals surface area contributed by atoms with Gasteiger partial charge in [0.2, 0.25) is 0 Å². The van der Waals surface area contributed by atoms with Crippen molar-refractivity contribution in [1.82, 2.24) is 14.7 Å². The number of hydrogen-bond donors (Lipinski definition) is 1. The van der Waals surface area contributed by atoms with Crippen LogP contribution in [-0.4, -0.2) is 39.0 Å². The van der Waals surface area contributed by atoms with Crippen LogP contribution in [0.25, 0.3) is 16.9 Å². The Kier molecular flexibility index (Phi) is 4.63. The highest BCUT2D eigenvalue weighted by Gasteiger charge is 2.25. The van der Waals surface area contributed by atoms with E-state index in [0.29, 0.717) is 0 Å². The number of hydrogen-bond acceptors (Lipinski definition) is 3. The summed E-state index contributed by atoms with van der Waals surface area (Å²) in [7, 11) is 0. The molecule has 128 valence electrons. The highest BCUT2D eigenvalue weighted by molar-refractivity contribution is 5.60. The molecule has 25 heavy (non-hydrogen) atoms. The summed E-state index contributed by atoms with van der Waals surface area (Å²) >= 11 is 0. The Labute approximate surface area is 148 Å². The first kappa shape index (κ1) is 16.1. The number of nitrogens with zero attached hydrogens (tertiary/aromatic N) is 3. The fourth-order valence-electron chi connectivity index (χ4n) is 3.59. The molecule has 1 fully saturated rings. The summed E-state index contributed by atoms with van der Waals surface area (Å²) in [6, 6.07) is 23.0. The Bertz CT molecular complexity index is 814. The number of aliphatic hydroxyl groups excluding tert-OH is 1. The molecule has 1 N–H and O–H groups in total. The van der Waals surface area contributed by atoms with Crippen molar-refractivity contribution in [3.63, 3.8) is 0 Å². The summed E-state index contributed by atoms with van der Waals surface area (Å²) < 4.78 is 2.04. The number of benzene rings is 2. The second-order valence-electron chi connectivity index (χ2n) is 6.58. The number of rotatable bonds is 5. The van der Waals surface area contributed by atoms with E-state index in [-0.39, 0.29) is 12.6 Å². The Morgan fingerprint density at radius 3 is 2.44 bits per heavy atom. The lowest BCUT2D eigenvalue weighted by atomic mass is 10.1. The van der Waals surface area contributed by atoms with Crippen LogP contribution in [0.4, 0.5) is 0 Å². The van der Waals surface area contributed by atoms with E-state index in [1.807, 2.05) is 41.1 Å². The predicted octanol–water partition coefficient (Wildman–Crippen LogP) is 3.50. The van der Waals surface area contributed by atoms with Crippen molar-refractivity contribution in [3.05, 3.63) is 72.4 Å². The van der Waals surface area contributed by atoms with Gasteiger partial charge < -0.3 is 5.11 Å². The summed E-state index contributed by atoms with van der Waals surface area (Å²) in [6.07, 6.45) is 2.22. The largest absolute Gasteiger partial charge is 0.395 e. The smallest absolute Gasteiger partial charge is 0.0931 e. The van der Waals surface area contributed by atoms with Gasteiger partial charge in [0.1, 0.15) is 0 Å². The monoisotopic (exact) mass is 333 g/mol. The van der Waals surface area contributed by atoms with Gasteiger partial charge in [-0.3, -0.25) is 4.90 Å². The molecule has 2 aromatic carbocycles. The first-order valence-corrected chi connectivity index (χ1v) is 8.90. The van der Waals surface area contributed by atoms with Crippen LogP contribution in [-0.2, 0) is 6.54 Å². The lowest BCUT2D eigenvalue weighted by molar-refractivity contribution is 0.151. The third kappa shape index (κ3) is 3.36. The fraction of sp³-hybridized carbons (Fsp3) is 0.286. The molecule has 3 aromatic rings. The van der Waals surface area contributed by atoms with Gasteiger partial charge in [-0.05, 0) is 37.6 Å². The third-order valence-corrected chi connectivity index (χ3v) is 4.93. The van der Waals surface area contributed by atoms with Gasteiger partial charge in [-0.15, -0.1) is 0 Å². The van der Waals surface area contributed by atoms with Crippen LogP contribution in [0.15, 0.2) is 66.7 Å². The summed E-state index contributed by atoms with van der Waals surface area (Å²) in [5.74, 6) is 0. The van der Waals surface area contributed by atoms with Gasteiger partial charge in [0.15, 0.2) is 0 Å². The minimum Gasteiger partial charge on any atom is -0.395 e. The fourth-order valence-corrected chi connectivity index (χ4v) is 3.59. The molecule has 4 rings (SSSR count). The van der Waals surface area contributed by atoms with Crippen molar-refractivity contribution >= 4 is 0 Å². The molecule has 0 radical (unpaired) electrons. The third-order valence-electron chi connectivity index (χ3n) is 4.93. The number of likely N-dealkylation sites (tertiary alicyclic amines) is 1. The molecule has 0 bridgehead atoms. The van der Waals surface area contributed by atoms with Crippen molar-refractivity contribution in [2.45, 2.75) is 25.4 Å². The van der Waals surface area contributed by atoms with Crippen molar-refractivity contribution in [2.75, 3.05) is 13.2 Å². The highest BCUT2D eigenvalue weighted by atomic mass is 16.3. The molecular formula is C21H23N3O. The topological polar surface area (TPSA) is 41.3 Å². The molecule has 0 saturated carbocycles. The van der Waals surface area contributed by atoms with Gasteiger partial charge in [0.05, 0.1) is 23.7 Å².